The fraction of sp³-hybridized carbons (Fsp3) is 0. The molecule has 0 aliphatic carbocycles. The first-order valence-electron chi connectivity index (χ1n) is 15.8. The molecule has 0 unspecified atom stereocenters. The first kappa shape index (κ1) is 28.8. The van der Waals surface area contributed by atoms with Gasteiger partial charge in [-0.15, -0.1) is 0 Å². The molecule has 1 aromatic heterocycles. The van der Waals surface area contributed by atoms with Crippen LogP contribution in [-0.2, 0) is 0 Å². The molecule has 0 saturated heterocycles. The third-order valence-corrected chi connectivity index (χ3v) is 8.58. The van der Waals surface area contributed by atoms with Crippen molar-refractivity contribution in [2.24, 2.45) is 0 Å². The van der Waals surface area contributed by atoms with Crippen LogP contribution in [0.15, 0.2) is 170 Å². The topological polar surface area (TPSA) is 62.5 Å². The van der Waals surface area contributed by atoms with Gasteiger partial charge < -0.3 is 0 Å². The Morgan fingerprint density at radius 1 is 0.312 bits per heavy atom. The average Bonchev–Trinajstić information content (AvgIpc) is 3.18. The van der Waals surface area contributed by atoms with E-state index in [4.69, 9.17) is 20.2 Å². The van der Waals surface area contributed by atoms with Crippen molar-refractivity contribution in [3.05, 3.63) is 175 Å². The van der Waals surface area contributed by atoms with Gasteiger partial charge in [-0.25, -0.2) is 15.0 Å². The van der Waals surface area contributed by atoms with Gasteiger partial charge in [-0.3, -0.25) is 0 Å². The van der Waals surface area contributed by atoms with E-state index in [2.05, 4.69) is 91.0 Å². The Balaban J connectivity index is 1.06. The van der Waals surface area contributed by atoms with Gasteiger partial charge in [-0.05, 0) is 68.4 Å². The Morgan fingerprint density at radius 3 is 1.02 bits per heavy atom. The van der Waals surface area contributed by atoms with Gasteiger partial charge in [0.15, 0.2) is 17.5 Å². The first-order valence-corrected chi connectivity index (χ1v) is 15.8. The van der Waals surface area contributed by atoms with Crippen molar-refractivity contribution in [2.45, 2.75) is 0 Å². The van der Waals surface area contributed by atoms with Crippen molar-refractivity contribution >= 4 is 10.8 Å². The summed E-state index contributed by atoms with van der Waals surface area (Å²) in [4.78, 5) is 14.5. The maximum atomic E-state index is 9.08. The summed E-state index contributed by atoms with van der Waals surface area (Å²) in [7, 11) is 0. The molecule has 0 aliphatic rings. The van der Waals surface area contributed by atoms with E-state index in [1.54, 1.807) is 0 Å². The second-order valence-electron chi connectivity index (χ2n) is 11.7. The molecule has 0 bridgehead atoms. The zero-order chi connectivity index (χ0) is 32.3. The number of nitriles is 1. The van der Waals surface area contributed by atoms with Crippen molar-refractivity contribution in [1.29, 1.82) is 5.26 Å². The van der Waals surface area contributed by atoms with Crippen LogP contribution >= 0.6 is 0 Å². The maximum Gasteiger partial charge on any atom is 0.164 e. The highest BCUT2D eigenvalue weighted by Crippen LogP contribution is 2.32. The molecule has 1 heterocycles. The van der Waals surface area contributed by atoms with E-state index in [0.717, 1.165) is 44.5 Å². The van der Waals surface area contributed by atoms with Crippen LogP contribution < -0.4 is 0 Å². The summed E-state index contributed by atoms with van der Waals surface area (Å²) in [5, 5.41) is 11.5. The van der Waals surface area contributed by atoms with Gasteiger partial charge in [-0.1, -0.05) is 146 Å². The number of fused-ring (bicyclic) bond motifs is 1. The first-order chi connectivity index (χ1) is 23.7. The molecular formula is C44H28N4. The summed E-state index contributed by atoms with van der Waals surface area (Å²) >= 11 is 0. The Labute approximate surface area is 279 Å². The van der Waals surface area contributed by atoms with Crippen molar-refractivity contribution in [1.82, 2.24) is 15.0 Å². The van der Waals surface area contributed by atoms with Crippen LogP contribution in [0, 0.1) is 11.3 Å². The maximum absolute atomic E-state index is 9.08. The van der Waals surface area contributed by atoms with Crippen LogP contribution in [0.25, 0.3) is 78.3 Å². The van der Waals surface area contributed by atoms with E-state index in [1.165, 1.54) is 16.3 Å². The summed E-state index contributed by atoms with van der Waals surface area (Å²) in [5.41, 5.74) is 10.4. The molecule has 0 aliphatic heterocycles. The predicted molar refractivity (Wildman–Crippen MR) is 195 cm³/mol. The standard InChI is InChI=1S/C44H28N4/c45-29-30-11-13-31(14-12-30)32-15-17-33(18-16-32)38-23-25-41-28-39(24-26-40(41)27-38)34-19-21-37(22-20-34)44-47-42(35-7-3-1-4-8-35)46-43(48-44)36-9-5-2-6-10-36/h1-28H. The van der Waals surface area contributed by atoms with E-state index in [-0.39, 0.29) is 0 Å². The van der Waals surface area contributed by atoms with Gasteiger partial charge >= 0.3 is 0 Å². The van der Waals surface area contributed by atoms with Crippen molar-refractivity contribution in [3.63, 3.8) is 0 Å². The lowest BCUT2D eigenvalue weighted by molar-refractivity contribution is 1.07. The van der Waals surface area contributed by atoms with Crippen molar-refractivity contribution in [3.8, 4) is 73.6 Å². The molecule has 0 radical (unpaired) electrons. The predicted octanol–water partition coefficient (Wildman–Crippen LogP) is 10.9. The zero-order valence-electron chi connectivity index (χ0n) is 26.0. The van der Waals surface area contributed by atoms with Gasteiger partial charge in [0.2, 0.25) is 0 Å². The molecule has 8 rings (SSSR count). The molecule has 0 fully saturated rings. The third kappa shape index (κ3) is 5.85. The van der Waals surface area contributed by atoms with Crippen LogP contribution in [0.4, 0.5) is 0 Å². The largest absolute Gasteiger partial charge is 0.208 e. The van der Waals surface area contributed by atoms with Gasteiger partial charge in [0, 0.05) is 16.7 Å². The zero-order valence-corrected chi connectivity index (χ0v) is 26.0. The molecule has 0 saturated carbocycles. The molecule has 48 heavy (non-hydrogen) atoms. The Kier molecular flexibility index (Phi) is 7.54. The number of hydrogen-bond acceptors (Lipinski definition) is 4. The number of rotatable bonds is 6. The molecule has 0 atom stereocenters. The summed E-state index contributed by atoms with van der Waals surface area (Å²) in [5.74, 6) is 1.95. The number of hydrogen-bond donors (Lipinski definition) is 0. The van der Waals surface area contributed by atoms with E-state index in [0.29, 0.717) is 23.0 Å². The van der Waals surface area contributed by atoms with Crippen LogP contribution in [0.3, 0.4) is 0 Å². The lowest BCUT2D eigenvalue weighted by Crippen LogP contribution is -2.00. The number of aromatic nitrogens is 3. The fourth-order valence-corrected chi connectivity index (χ4v) is 5.95. The van der Waals surface area contributed by atoms with E-state index in [1.807, 2.05) is 84.9 Å². The van der Waals surface area contributed by atoms with E-state index in [9.17, 15) is 0 Å². The molecule has 224 valence electrons. The highest BCUT2D eigenvalue weighted by Gasteiger charge is 2.12. The Morgan fingerprint density at radius 2 is 0.625 bits per heavy atom. The highest BCUT2D eigenvalue weighted by atomic mass is 15.0. The number of nitrogens with zero attached hydrogens (tertiary/aromatic N) is 4. The lowest BCUT2D eigenvalue weighted by Gasteiger charge is -2.10. The van der Waals surface area contributed by atoms with Gasteiger partial charge in [0.25, 0.3) is 0 Å². The molecule has 0 spiro atoms. The van der Waals surface area contributed by atoms with Crippen molar-refractivity contribution < 1.29 is 0 Å². The smallest absolute Gasteiger partial charge is 0.164 e. The Hall–Kier alpha value is -6.70. The van der Waals surface area contributed by atoms with Gasteiger partial charge in [0.1, 0.15) is 0 Å². The van der Waals surface area contributed by atoms with Gasteiger partial charge in [0.05, 0.1) is 11.6 Å². The SMILES string of the molecule is N#Cc1ccc(-c2ccc(-c3ccc4cc(-c5ccc(-c6nc(-c7ccccc7)nc(-c7ccccc7)n6)cc5)ccc4c3)cc2)cc1. The van der Waals surface area contributed by atoms with Crippen LogP contribution in [0.1, 0.15) is 5.56 Å². The second-order valence-corrected chi connectivity index (χ2v) is 11.7. The molecule has 4 heteroatoms. The summed E-state index contributed by atoms with van der Waals surface area (Å²) < 4.78 is 0. The van der Waals surface area contributed by atoms with Crippen LogP contribution in [0.5, 0.6) is 0 Å². The monoisotopic (exact) mass is 612 g/mol. The minimum Gasteiger partial charge on any atom is -0.208 e. The van der Waals surface area contributed by atoms with Crippen molar-refractivity contribution in [2.75, 3.05) is 0 Å². The molecule has 8 aromatic rings. The fourth-order valence-electron chi connectivity index (χ4n) is 5.95. The van der Waals surface area contributed by atoms with Crippen LogP contribution in [-0.4, -0.2) is 15.0 Å². The summed E-state index contributed by atoms with van der Waals surface area (Å²) in [6, 6.07) is 60.2. The molecule has 0 N–H and O–H groups in total. The molecule has 4 nitrogen and oxygen atoms in total. The highest BCUT2D eigenvalue weighted by molar-refractivity contribution is 5.91. The lowest BCUT2D eigenvalue weighted by atomic mass is 9.96. The molecule has 7 aromatic carbocycles. The minimum absolute atomic E-state index is 0.644. The van der Waals surface area contributed by atoms with E-state index >= 15 is 0 Å². The van der Waals surface area contributed by atoms with Gasteiger partial charge in [-0.2, -0.15) is 5.26 Å². The summed E-state index contributed by atoms with van der Waals surface area (Å²) in [6.45, 7) is 0. The van der Waals surface area contributed by atoms with Crippen LogP contribution in [0.2, 0.25) is 0 Å². The third-order valence-electron chi connectivity index (χ3n) is 8.58. The Bertz CT molecular complexity index is 2350. The quantitative estimate of drug-likeness (QED) is 0.187. The van der Waals surface area contributed by atoms with E-state index < -0.39 is 0 Å². The molecular weight excluding hydrogens is 585 g/mol. The summed E-state index contributed by atoms with van der Waals surface area (Å²) in [6.07, 6.45) is 0. The average molecular weight is 613 g/mol. The second kappa shape index (κ2) is 12.6. The normalized spacial score (nSPS) is 10.9. The minimum atomic E-state index is 0.644. The number of benzene rings is 7. The molecule has 0 amide bonds.